The lowest BCUT2D eigenvalue weighted by atomic mass is 9.72. The van der Waals surface area contributed by atoms with Crippen molar-refractivity contribution in [2.75, 3.05) is 13.6 Å². The summed E-state index contributed by atoms with van der Waals surface area (Å²) in [6.07, 6.45) is -0.854. The van der Waals surface area contributed by atoms with Crippen molar-refractivity contribution in [1.29, 1.82) is 0 Å². The van der Waals surface area contributed by atoms with Crippen molar-refractivity contribution in [3.63, 3.8) is 0 Å². The molecule has 1 fully saturated rings. The van der Waals surface area contributed by atoms with Gasteiger partial charge in [-0.2, -0.15) is 0 Å². The van der Waals surface area contributed by atoms with Gasteiger partial charge in [-0.15, -0.1) is 12.4 Å². The van der Waals surface area contributed by atoms with Gasteiger partial charge < -0.3 is 0 Å². The Bertz CT molecular complexity index is 479. The fourth-order valence-electron chi connectivity index (χ4n) is 3.00. The van der Waals surface area contributed by atoms with E-state index in [1.165, 1.54) is 0 Å². The van der Waals surface area contributed by atoms with Gasteiger partial charge in [0.1, 0.15) is 11.7 Å². The van der Waals surface area contributed by atoms with E-state index in [1.54, 1.807) is 0 Å². The van der Waals surface area contributed by atoms with Crippen LogP contribution in [-0.2, 0) is 5.54 Å². The predicted octanol–water partition coefficient (Wildman–Crippen LogP) is 3.64. The van der Waals surface area contributed by atoms with Crippen LogP contribution < -0.4 is 0 Å². The lowest BCUT2D eigenvalue weighted by Crippen LogP contribution is -2.65. The Morgan fingerprint density at radius 3 is 1.68 bits per heavy atom. The molecule has 1 aliphatic rings. The second-order valence-corrected chi connectivity index (χ2v) is 4.85. The Balaban J connectivity index is 0.00000133. The van der Waals surface area contributed by atoms with Crippen molar-refractivity contribution in [2.24, 2.45) is 0 Å². The van der Waals surface area contributed by atoms with E-state index in [0.717, 1.165) is 11.1 Å². The molecule has 2 aromatic rings. The van der Waals surface area contributed by atoms with E-state index in [0.29, 0.717) is 6.54 Å². The number of nitrogens with zero attached hydrogens (tertiary/aromatic N) is 1. The zero-order chi connectivity index (χ0) is 12.6. The molecule has 1 unspecified atom stereocenters. The van der Waals surface area contributed by atoms with E-state index in [-0.39, 0.29) is 12.4 Å². The number of likely N-dealkylation sites (tertiary alicyclic amines) is 1. The average molecular weight is 278 g/mol. The highest BCUT2D eigenvalue weighted by atomic mass is 35.5. The summed E-state index contributed by atoms with van der Waals surface area (Å²) in [6, 6.07) is 19.9. The van der Waals surface area contributed by atoms with Crippen LogP contribution in [0.25, 0.3) is 0 Å². The van der Waals surface area contributed by atoms with Crippen molar-refractivity contribution in [3.8, 4) is 0 Å². The van der Waals surface area contributed by atoms with Gasteiger partial charge in [0, 0.05) is 6.54 Å². The summed E-state index contributed by atoms with van der Waals surface area (Å²) in [7, 11) is 1.98. The van der Waals surface area contributed by atoms with Crippen molar-refractivity contribution in [2.45, 2.75) is 11.7 Å². The van der Waals surface area contributed by atoms with Gasteiger partial charge in [0.2, 0.25) is 0 Å². The van der Waals surface area contributed by atoms with Gasteiger partial charge in [0.05, 0.1) is 0 Å². The molecule has 0 N–H and O–H groups in total. The molecule has 0 radical (unpaired) electrons. The number of hydrogen-bond acceptors (Lipinski definition) is 1. The molecule has 1 atom stereocenters. The Morgan fingerprint density at radius 1 is 0.947 bits per heavy atom. The topological polar surface area (TPSA) is 3.24 Å². The molecule has 0 spiro atoms. The lowest BCUT2D eigenvalue weighted by Gasteiger charge is -2.54. The Kier molecular flexibility index (Phi) is 3.93. The van der Waals surface area contributed by atoms with Crippen LogP contribution in [0.3, 0.4) is 0 Å². The highest BCUT2D eigenvalue weighted by molar-refractivity contribution is 5.85. The Labute approximate surface area is 119 Å². The Hall–Kier alpha value is -1.38. The monoisotopic (exact) mass is 277 g/mol. The molecule has 1 heterocycles. The fraction of sp³-hybridized carbons (Fsp3) is 0.250. The SMILES string of the molecule is CN1CC(F)C1(c1ccccc1)c1ccccc1.Cl. The van der Waals surface area contributed by atoms with Crippen molar-refractivity contribution >= 4 is 12.4 Å². The molecule has 3 rings (SSSR count). The van der Waals surface area contributed by atoms with Gasteiger partial charge in [-0.05, 0) is 18.2 Å². The fourth-order valence-corrected chi connectivity index (χ4v) is 3.00. The summed E-state index contributed by atoms with van der Waals surface area (Å²) in [4.78, 5) is 2.09. The van der Waals surface area contributed by atoms with Crippen LogP contribution in [-0.4, -0.2) is 24.7 Å². The second kappa shape index (κ2) is 5.32. The minimum Gasteiger partial charge on any atom is -0.287 e. The molecule has 1 nitrogen and oxygen atoms in total. The minimum absolute atomic E-state index is 0. The smallest absolute Gasteiger partial charge is 0.139 e. The molecule has 1 aliphatic heterocycles. The predicted molar refractivity (Wildman–Crippen MR) is 78.4 cm³/mol. The first-order chi connectivity index (χ1) is 8.76. The quantitative estimate of drug-likeness (QED) is 0.810. The van der Waals surface area contributed by atoms with Crippen molar-refractivity contribution in [3.05, 3.63) is 71.8 Å². The zero-order valence-corrected chi connectivity index (χ0v) is 11.6. The van der Waals surface area contributed by atoms with E-state index in [1.807, 2.05) is 67.7 Å². The first-order valence-corrected chi connectivity index (χ1v) is 6.22. The highest BCUT2D eigenvalue weighted by Gasteiger charge is 2.54. The third kappa shape index (κ3) is 1.96. The third-order valence-electron chi connectivity index (χ3n) is 3.92. The number of benzene rings is 2. The van der Waals surface area contributed by atoms with Gasteiger partial charge in [-0.25, -0.2) is 4.39 Å². The zero-order valence-electron chi connectivity index (χ0n) is 10.8. The van der Waals surface area contributed by atoms with Gasteiger partial charge >= 0.3 is 0 Å². The summed E-state index contributed by atoms with van der Waals surface area (Å²) in [5.74, 6) is 0. The van der Waals surface area contributed by atoms with Crippen LogP contribution in [0.15, 0.2) is 60.7 Å². The van der Waals surface area contributed by atoms with Crippen LogP contribution in [0.4, 0.5) is 4.39 Å². The normalized spacial score (nSPS) is 21.3. The van der Waals surface area contributed by atoms with E-state index in [2.05, 4.69) is 4.90 Å². The molecule has 2 aromatic carbocycles. The molecule has 100 valence electrons. The molecule has 0 bridgehead atoms. The van der Waals surface area contributed by atoms with E-state index < -0.39 is 11.7 Å². The molecule has 0 amide bonds. The molecule has 1 saturated heterocycles. The summed E-state index contributed by atoms with van der Waals surface area (Å²) >= 11 is 0. The molecule has 0 aromatic heterocycles. The van der Waals surface area contributed by atoms with Crippen LogP contribution >= 0.6 is 12.4 Å². The molecule has 0 aliphatic carbocycles. The third-order valence-corrected chi connectivity index (χ3v) is 3.92. The average Bonchev–Trinajstić information content (AvgIpc) is 2.41. The maximum Gasteiger partial charge on any atom is 0.139 e. The number of rotatable bonds is 2. The van der Waals surface area contributed by atoms with Crippen LogP contribution in [0, 0.1) is 0 Å². The Morgan fingerprint density at radius 2 is 1.37 bits per heavy atom. The highest BCUT2D eigenvalue weighted by Crippen LogP contribution is 2.46. The number of hydrogen-bond donors (Lipinski definition) is 0. The van der Waals surface area contributed by atoms with Crippen LogP contribution in [0.2, 0.25) is 0 Å². The van der Waals surface area contributed by atoms with Crippen molar-refractivity contribution < 1.29 is 4.39 Å². The lowest BCUT2D eigenvalue weighted by molar-refractivity contribution is -0.0556. The van der Waals surface area contributed by atoms with Crippen LogP contribution in [0.1, 0.15) is 11.1 Å². The largest absolute Gasteiger partial charge is 0.287 e. The number of alkyl halides is 1. The van der Waals surface area contributed by atoms with Crippen molar-refractivity contribution in [1.82, 2.24) is 4.90 Å². The standard InChI is InChI=1S/C16H16FN.ClH/c1-18-12-15(17)16(18,13-8-4-2-5-9-13)14-10-6-3-7-11-14;/h2-11,15H,12H2,1H3;1H. The van der Waals surface area contributed by atoms with Gasteiger partial charge in [-0.1, -0.05) is 60.7 Å². The molecule has 0 saturated carbocycles. The second-order valence-electron chi connectivity index (χ2n) is 4.85. The number of halogens is 2. The summed E-state index contributed by atoms with van der Waals surface area (Å²) in [6.45, 7) is 0.490. The van der Waals surface area contributed by atoms with Gasteiger partial charge in [-0.3, -0.25) is 4.90 Å². The van der Waals surface area contributed by atoms with E-state index >= 15 is 0 Å². The van der Waals surface area contributed by atoms with E-state index in [9.17, 15) is 4.39 Å². The maximum atomic E-state index is 14.4. The van der Waals surface area contributed by atoms with Gasteiger partial charge in [0.25, 0.3) is 0 Å². The first kappa shape index (κ1) is 14.0. The minimum atomic E-state index is -0.854. The van der Waals surface area contributed by atoms with Crippen LogP contribution in [0.5, 0.6) is 0 Å². The van der Waals surface area contributed by atoms with E-state index in [4.69, 9.17) is 0 Å². The summed E-state index contributed by atoms with van der Waals surface area (Å²) < 4.78 is 14.4. The summed E-state index contributed by atoms with van der Waals surface area (Å²) in [5.41, 5.74) is 1.44. The molecular weight excluding hydrogens is 261 g/mol. The molecule has 3 heteroatoms. The van der Waals surface area contributed by atoms with Gasteiger partial charge in [0.15, 0.2) is 0 Å². The summed E-state index contributed by atoms with van der Waals surface area (Å²) in [5, 5.41) is 0. The first-order valence-electron chi connectivity index (χ1n) is 6.22. The molecule has 19 heavy (non-hydrogen) atoms. The maximum absolute atomic E-state index is 14.4. The molecular formula is C16H17ClFN.